The lowest BCUT2D eigenvalue weighted by Gasteiger charge is -2.07. The monoisotopic (exact) mass is 272 g/mol. The number of carbonyl (C=O) groups is 2. The minimum absolute atomic E-state index is 0.380. The standard InChI is InChI=1S/C11H20N4O4/c1-8(14-18)10(16)12-6-4-3-5-7-13-11(17)9(2)15-19/h8-9H,3-7H2,1-2H3,(H,12,16)(H,13,17). The molecule has 0 spiro atoms. The first-order valence-electron chi connectivity index (χ1n) is 6.23. The molecule has 2 N–H and O–H groups in total. The molecule has 8 nitrogen and oxygen atoms in total. The van der Waals surface area contributed by atoms with Crippen molar-refractivity contribution in [3.8, 4) is 0 Å². The van der Waals surface area contributed by atoms with Crippen LogP contribution in [0.25, 0.3) is 0 Å². The Balaban J connectivity index is 3.46. The maximum atomic E-state index is 11.2. The van der Waals surface area contributed by atoms with Gasteiger partial charge in [0.2, 0.25) is 11.8 Å². The molecule has 0 bridgehead atoms. The van der Waals surface area contributed by atoms with Gasteiger partial charge in [-0.15, -0.1) is 9.81 Å². The normalized spacial score (nSPS) is 13.2. The molecule has 0 saturated heterocycles. The number of unbranched alkanes of at least 4 members (excludes halogenated alkanes) is 2. The Morgan fingerprint density at radius 2 is 1.21 bits per heavy atom. The Hall–Kier alpha value is -1.86. The van der Waals surface area contributed by atoms with Crippen molar-refractivity contribution in [2.45, 2.75) is 45.2 Å². The van der Waals surface area contributed by atoms with Crippen LogP contribution < -0.4 is 10.6 Å². The van der Waals surface area contributed by atoms with Crippen molar-refractivity contribution in [3.63, 3.8) is 0 Å². The van der Waals surface area contributed by atoms with Crippen LogP contribution in [0.1, 0.15) is 33.1 Å². The topological polar surface area (TPSA) is 117 Å². The third-order valence-electron chi connectivity index (χ3n) is 2.53. The number of amides is 2. The van der Waals surface area contributed by atoms with Crippen molar-refractivity contribution in [2.24, 2.45) is 10.4 Å². The number of hydrogen-bond acceptors (Lipinski definition) is 6. The van der Waals surface area contributed by atoms with Crippen molar-refractivity contribution in [2.75, 3.05) is 13.1 Å². The molecule has 0 rings (SSSR count). The average molecular weight is 272 g/mol. The zero-order chi connectivity index (χ0) is 14.7. The van der Waals surface area contributed by atoms with Crippen LogP contribution in [0.4, 0.5) is 0 Å². The number of carbonyl (C=O) groups excluding carboxylic acids is 2. The molecule has 0 aromatic rings. The first-order valence-corrected chi connectivity index (χ1v) is 6.23. The second-order valence-electron chi connectivity index (χ2n) is 4.21. The van der Waals surface area contributed by atoms with Gasteiger partial charge in [-0.05, 0) is 33.1 Å². The number of nitrogens with zero attached hydrogens (tertiary/aromatic N) is 2. The fraction of sp³-hybridized carbons (Fsp3) is 0.818. The molecule has 0 aromatic heterocycles. The molecule has 0 fully saturated rings. The molecule has 0 aliphatic carbocycles. The first-order chi connectivity index (χ1) is 9.02. The van der Waals surface area contributed by atoms with E-state index in [-0.39, 0.29) is 11.8 Å². The van der Waals surface area contributed by atoms with Gasteiger partial charge in [-0.2, -0.15) is 0 Å². The molecule has 0 aliphatic rings. The van der Waals surface area contributed by atoms with Crippen LogP contribution in [0.5, 0.6) is 0 Å². The van der Waals surface area contributed by atoms with Gasteiger partial charge in [0.25, 0.3) is 0 Å². The second-order valence-corrected chi connectivity index (χ2v) is 4.21. The number of hydrogen-bond donors (Lipinski definition) is 2. The van der Waals surface area contributed by atoms with Gasteiger partial charge in [-0.3, -0.25) is 9.59 Å². The van der Waals surface area contributed by atoms with Crippen molar-refractivity contribution in [3.05, 3.63) is 9.81 Å². The second kappa shape index (κ2) is 10.1. The van der Waals surface area contributed by atoms with Crippen LogP contribution in [-0.4, -0.2) is 37.0 Å². The first kappa shape index (κ1) is 17.1. The summed E-state index contributed by atoms with van der Waals surface area (Å²) in [7, 11) is 0. The molecule has 0 aromatic carbocycles. The van der Waals surface area contributed by atoms with E-state index in [4.69, 9.17) is 0 Å². The molecule has 8 heteroatoms. The largest absolute Gasteiger partial charge is 0.354 e. The summed E-state index contributed by atoms with van der Waals surface area (Å²) in [5.74, 6) is -0.761. The van der Waals surface area contributed by atoms with Crippen molar-refractivity contribution >= 4 is 11.8 Å². The van der Waals surface area contributed by atoms with Gasteiger partial charge < -0.3 is 10.6 Å². The summed E-state index contributed by atoms with van der Waals surface area (Å²) in [5, 5.41) is 10.4. The van der Waals surface area contributed by atoms with E-state index in [0.717, 1.165) is 19.3 Å². The average Bonchev–Trinajstić information content (AvgIpc) is 2.43. The van der Waals surface area contributed by atoms with Crippen molar-refractivity contribution in [1.82, 2.24) is 10.6 Å². The molecular formula is C11H20N4O4. The number of nitroso groups, excluding NO2 is 2. The lowest BCUT2D eigenvalue weighted by Crippen LogP contribution is -2.33. The maximum absolute atomic E-state index is 11.2. The van der Waals surface area contributed by atoms with Gasteiger partial charge in [0, 0.05) is 13.1 Å². The van der Waals surface area contributed by atoms with Gasteiger partial charge in [-0.1, -0.05) is 10.4 Å². The summed E-state index contributed by atoms with van der Waals surface area (Å²) >= 11 is 0. The Labute approximate surface area is 111 Å². The Morgan fingerprint density at radius 1 is 0.842 bits per heavy atom. The SMILES string of the molecule is CC(N=O)C(=O)NCCCCCNC(=O)C(C)N=O. The Kier molecular flexibility index (Phi) is 9.11. The maximum Gasteiger partial charge on any atom is 0.248 e. The highest BCUT2D eigenvalue weighted by Crippen LogP contribution is 1.95. The molecule has 2 unspecified atom stereocenters. The van der Waals surface area contributed by atoms with Crippen molar-refractivity contribution in [1.29, 1.82) is 0 Å². The highest BCUT2D eigenvalue weighted by molar-refractivity contribution is 5.81. The van der Waals surface area contributed by atoms with E-state index >= 15 is 0 Å². The smallest absolute Gasteiger partial charge is 0.248 e. The van der Waals surface area contributed by atoms with E-state index in [0.29, 0.717) is 13.1 Å². The summed E-state index contributed by atoms with van der Waals surface area (Å²) in [4.78, 5) is 42.5. The number of rotatable bonds is 10. The third kappa shape index (κ3) is 7.96. The fourth-order valence-electron chi connectivity index (χ4n) is 1.24. The molecule has 0 heterocycles. The third-order valence-corrected chi connectivity index (χ3v) is 2.53. The number of nitrogens with one attached hydrogen (secondary N) is 2. The predicted molar refractivity (Wildman–Crippen MR) is 70.4 cm³/mol. The Morgan fingerprint density at radius 3 is 1.53 bits per heavy atom. The minimum atomic E-state index is -0.864. The Bertz CT molecular complexity index is 292. The van der Waals surface area contributed by atoms with Crippen LogP contribution in [0.15, 0.2) is 10.4 Å². The summed E-state index contributed by atoms with van der Waals surface area (Å²) in [6.07, 6.45) is 2.30. The minimum Gasteiger partial charge on any atom is -0.354 e. The van der Waals surface area contributed by atoms with Crippen LogP contribution in [0, 0.1) is 9.81 Å². The van der Waals surface area contributed by atoms with Crippen LogP contribution in [0.3, 0.4) is 0 Å². The highest BCUT2D eigenvalue weighted by atomic mass is 16.3. The molecule has 0 radical (unpaired) electrons. The summed E-state index contributed by atoms with van der Waals surface area (Å²) in [6.45, 7) is 3.80. The van der Waals surface area contributed by atoms with Gasteiger partial charge >= 0.3 is 0 Å². The highest BCUT2D eigenvalue weighted by Gasteiger charge is 2.12. The predicted octanol–water partition coefficient (Wildman–Crippen LogP) is 0.699. The van der Waals surface area contributed by atoms with Crippen LogP contribution in [-0.2, 0) is 9.59 Å². The zero-order valence-corrected chi connectivity index (χ0v) is 11.2. The van der Waals surface area contributed by atoms with Crippen molar-refractivity contribution < 1.29 is 9.59 Å². The lowest BCUT2D eigenvalue weighted by atomic mass is 10.2. The van der Waals surface area contributed by atoms with E-state index in [9.17, 15) is 19.4 Å². The summed E-state index contributed by atoms with van der Waals surface area (Å²) < 4.78 is 0. The quantitative estimate of drug-likeness (QED) is 0.449. The molecule has 108 valence electrons. The van der Waals surface area contributed by atoms with Crippen LogP contribution in [0.2, 0.25) is 0 Å². The molecule has 2 atom stereocenters. The lowest BCUT2D eigenvalue weighted by molar-refractivity contribution is -0.122. The summed E-state index contributed by atoms with van der Waals surface area (Å²) in [6, 6.07) is -1.73. The molecule has 2 amide bonds. The van der Waals surface area contributed by atoms with Crippen LogP contribution >= 0.6 is 0 Å². The van der Waals surface area contributed by atoms with Gasteiger partial charge in [0.1, 0.15) is 0 Å². The zero-order valence-electron chi connectivity index (χ0n) is 11.2. The molecule has 0 saturated carbocycles. The fourth-order valence-corrected chi connectivity index (χ4v) is 1.24. The summed E-state index contributed by atoms with van der Waals surface area (Å²) in [5.41, 5.74) is 0. The molecule has 19 heavy (non-hydrogen) atoms. The van der Waals surface area contributed by atoms with Gasteiger partial charge in [0.15, 0.2) is 12.1 Å². The van der Waals surface area contributed by atoms with E-state index in [1.807, 2.05) is 0 Å². The van der Waals surface area contributed by atoms with Gasteiger partial charge in [-0.25, -0.2) is 0 Å². The van der Waals surface area contributed by atoms with E-state index in [2.05, 4.69) is 21.0 Å². The van der Waals surface area contributed by atoms with E-state index in [1.54, 1.807) is 0 Å². The van der Waals surface area contributed by atoms with E-state index in [1.165, 1.54) is 13.8 Å². The van der Waals surface area contributed by atoms with Gasteiger partial charge in [0.05, 0.1) is 0 Å². The molecular weight excluding hydrogens is 252 g/mol. The molecule has 0 aliphatic heterocycles. The van der Waals surface area contributed by atoms with E-state index < -0.39 is 12.1 Å².